The van der Waals surface area contributed by atoms with E-state index in [1.807, 2.05) is 4.90 Å². The Morgan fingerprint density at radius 2 is 2.00 bits per heavy atom. The Morgan fingerprint density at radius 3 is 2.64 bits per heavy atom. The lowest BCUT2D eigenvalue weighted by Gasteiger charge is -2.37. The van der Waals surface area contributed by atoms with Crippen molar-refractivity contribution in [1.29, 1.82) is 0 Å². The highest BCUT2D eigenvalue weighted by Crippen LogP contribution is 2.24. The first-order valence-electron chi connectivity index (χ1n) is 8.60. The number of carbonyl (C=O) groups excluding carboxylic acids is 1. The highest BCUT2D eigenvalue weighted by molar-refractivity contribution is 7.88. The molecule has 8 nitrogen and oxygen atoms in total. The van der Waals surface area contributed by atoms with Crippen LogP contribution in [0.4, 0.5) is 0 Å². The monoisotopic (exact) mass is 368 g/mol. The molecule has 0 bridgehead atoms. The molecule has 1 aromatic heterocycles. The summed E-state index contributed by atoms with van der Waals surface area (Å²) in [7, 11) is -3.17. The number of hydrogen-bond acceptors (Lipinski definition) is 6. The molecule has 2 aliphatic heterocycles. The van der Waals surface area contributed by atoms with Crippen LogP contribution in [0.1, 0.15) is 25.7 Å². The van der Waals surface area contributed by atoms with Gasteiger partial charge in [-0.25, -0.2) is 22.7 Å². The lowest BCUT2D eigenvalue weighted by Crippen LogP contribution is -2.49. The van der Waals surface area contributed by atoms with Crippen molar-refractivity contribution in [2.75, 3.05) is 32.4 Å². The van der Waals surface area contributed by atoms with Crippen molar-refractivity contribution in [1.82, 2.24) is 19.2 Å². The Hall–Kier alpha value is -1.74. The minimum atomic E-state index is -3.17. The standard InChI is InChI=1S/C16H24N4O4S/c1-25(22,23)20-9-5-13(6-10-20)16(21)19-8-2-3-14(11-19)24-15-4-7-17-12-18-15/h4,7,12-14H,2-3,5-6,8-11H2,1H3. The van der Waals surface area contributed by atoms with Crippen LogP contribution in [0.15, 0.2) is 18.6 Å². The van der Waals surface area contributed by atoms with Gasteiger partial charge in [0.2, 0.25) is 21.8 Å². The molecule has 0 aromatic carbocycles. The number of ether oxygens (including phenoxy) is 1. The average molecular weight is 368 g/mol. The molecule has 3 heterocycles. The molecule has 2 fully saturated rings. The Balaban J connectivity index is 1.54. The zero-order chi connectivity index (χ0) is 17.9. The Labute approximate surface area is 148 Å². The van der Waals surface area contributed by atoms with Gasteiger partial charge in [0.05, 0.1) is 12.8 Å². The van der Waals surface area contributed by atoms with E-state index >= 15 is 0 Å². The zero-order valence-corrected chi connectivity index (χ0v) is 15.2. The van der Waals surface area contributed by atoms with E-state index in [2.05, 4.69) is 9.97 Å². The minimum Gasteiger partial charge on any atom is -0.472 e. The van der Waals surface area contributed by atoms with Crippen molar-refractivity contribution in [3.63, 3.8) is 0 Å². The van der Waals surface area contributed by atoms with Crippen molar-refractivity contribution >= 4 is 15.9 Å². The molecule has 1 aromatic rings. The highest BCUT2D eigenvalue weighted by Gasteiger charge is 2.33. The van der Waals surface area contributed by atoms with Crippen LogP contribution >= 0.6 is 0 Å². The summed E-state index contributed by atoms with van der Waals surface area (Å²) in [5.74, 6) is 0.538. The first-order chi connectivity index (χ1) is 11.9. The highest BCUT2D eigenvalue weighted by atomic mass is 32.2. The maximum Gasteiger partial charge on any atom is 0.225 e. The Morgan fingerprint density at radius 1 is 1.24 bits per heavy atom. The van der Waals surface area contributed by atoms with E-state index < -0.39 is 10.0 Å². The largest absolute Gasteiger partial charge is 0.472 e. The molecule has 3 rings (SSSR count). The fourth-order valence-corrected chi connectivity index (χ4v) is 4.32. The van der Waals surface area contributed by atoms with Crippen LogP contribution < -0.4 is 4.74 Å². The van der Waals surface area contributed by atoms with Crippen molar-refractivity contribution in [3.8, 4) is 5.88 Å². The van der Waals surface area contributed by atoms with Gasteiger partial charge in [-0.3, -0.25) is 4.79 Å². The van der Waals surface area contributed by atoms with E-state index in [0.717, 1.165) is 19.4 Å². The molecule has 138 valence electrons. The lowest BCUT2D eigenvalue weighted by molar-refractivity contribution is -0.139. The summed E-state index contributed by atoms with van der Waals surface area (Å²) in [6, 6.07) is 1.71. The second-order valence-corrected chi connectivity index (χ2v) is 8.63. The summed E-state index contributed by atoms with van der Waals surface area (Å²) in [6.07, 6.45) is 7.17. The van der Waals surface area contributed by atoms with E-state index in [1.165, 1.54) is 16.9 Å². The Kier molecular flexibility index (Phi) is 5.53. The molecule has 1 atom stereocenters. The first kappa shape index (κ1) is 18.1. The van der Waals surface area contributed by atoms with Crippen molar-refractivity contribution < 1.29 is 17.9 Å². The predicted octanol–water partition coefficient (Wildman–Crippen LogP) is 0.518. The Bertz CT molecular complexity index is 689. The number of piperidine rings is 2. The van der Waals surface area contributed by atoms with Gasteiger partial charge in [-0.1, -0.05) is 0 Å². The number of carbonyl (C=O) groups is 1. The number of sulfonamides is 1. The smallest absolute Gasteiger partial charge is 0.225 e. The second-order valence-electron chi connectivity index (χ2n) is 6.65. The number of likely N-dealkylation sites (tertiary alicyclic amines) is 1. The number of rotatable bonds is 4. The van der Waals surface area contributed by atoms with Gasteiger partial charge < -0.3 is 9.64 Å². The van der Waals surface area contributed by atoms with Crippen LogP contribution in [-0.2, 0) is 14.8 Å². The zero-order valence-electron chi connectivity index (χ0n) is 14.4. The quantitative estimate of drug-likeness (QED) is 0.769. The maximum absolute atomic E-state index is 12.8. The minimum absolute atomic E-state index is 0.0660. The molecule has 2 aliphatic rings. The van der Waals surface area contributed by atoms with Crippen LogP contribution in [0.2, 0.25) is 0 Å². The molecule has 0 aliphatic carbocycles. The van der Waals surface area contributed by atoms with E-state index in [0.29, 0.717) is 38.4 Å². The lowest BCUT2D eigenvalue weighted by atomic mass is 9.95. The number of nitrogens with zero attached hydrogens (tertiary/aromatic N) is 4. The molecule has 0 radical (unpaired) electrons. The van der Waals surface area contributed by atoms with Crippen molar-refractivity contribution in [2.45, 2.75) is 31.8 Å². The summed E-state index contributed by atoms with van der Waals surface area (Å²) >= 11 is 0. The van der Waals surface area contributed by atoms with Gasteiger partial charge in [0.1, 0.15) is 12.4 Å². The van der Waals surface area contributed by atoms with E-state index in [9.17, 15) is 13.2 Å². The number of amides is 1. The summed E-state index contributed by atoms with van der Waals surface area (Å²) in [4.78, 5) is 22.6. The third kappa shape index (κ3) is 4.66. The molecule has 25 heavy (non-hydrogen) atoms. The van der Waals surface area contributed by atoms with Gasteiger partial charge in [0.15, 0.2) is 0 Å². The van der Waals surface area contributed by atoms with E-state index in [4.69, 9.17) is 4.74 Å². The number of aromatic nitrogens is 2. The molecular weight excluding hydrogens is 344 g/mol. The topological polar surface area (TPSA) is 92.7 Å². The van der Waals surface area contributed by atoms with Gasteiger partial charge in [0.25, 0.3) is 0 Å². The van der Waals surface area contributed by atoms with Gasteiger partial charge in [-0.15, -0.1) is 0 Å². The average Bonchev–Trinajstić information content (AvgIpc) is 2.61. The first-order valence-corrected chi connectivity index (χ1v) is 10.4. The molecule has 1 unspecified atom stereocenters. The molecular formula is C16H24N4O4S. The predicted molar refractivity (Wildman–Crippen MR) is 91.4 cm³/mol. The van der Waals surface area contributed by atoms with Gasteiger partial charge >= 0.3 is 0 Å². The van der Waals surface area contributed by atoms with E-state index in [1.54, 1.807) is 12.3 Å². The van der Waals surface area contributed by atoms with Crippen LogP contribution in [0.5, 0.6) is 5.88 Å². The van der Waals surface area contributed by atoms with Gasteiger partial charge in [-0.05, 0) is 25.7 Å². The van der Waals surface area contributed by atoms with Crippen LogP contribution in [0.3, 0.4) is 0 Å². The van der Waals surface area contributed by atoms with Gasteiger partial charge in [0, 0.05) is 37.8 Å². The molecule has 0 N–H and O–H groups in total. The van der Waals surface area contributed by atoms with Crippen LogP contribution in [-0.4, -0.2) is 72.0 Å². The normalized spacial score (nSPS) is 23.4. The number of hydrogen-bond donors (Lipinski definition) is 0. The SMILES string of the molecule is CS(=O)(=O)N1CCC(C(=O)N2CCCC(Oc3ccncn3)C2)CC1. The third-order valence-corrected chi connectivity index (χ3v) is 6.11. The van der Waals surface area contributed by atoms with Crippen LogP contribution in [0.25, 0.3) is 0 Å². The summed E-state index contributed by atoms with van der Waals surface area (Å²) < 4.78 is 30.5. The molecule has 0 spiro atoms. The fraction of sp³-hybridized carbons (Fsp3) is 0.688. The third-order valence-electron chi connectivity index (χ3n) is 4.80. The fourth-order valence-electron chi connectivity index (χ4n) is 3.45. The summed E-state index contributed by atoms with van der Waals surface area (Å²) in [5, 5.41) is 0. The van der Waals surface area contributed by atoms with Crippen molar-refractivity contribution in [2.24, 2.45) is 5.92 Å². The maximum atomic E-state index is 12.8. The second kappa shape index (κ2) is 7.65. The molecule has 9 heteroatoms. The molecule has 1 amide bonds. The summed E-state index contributed by atoms with van der Waals surface area (Å²) in [5.41, 5.74) is 0. The molecule has 0 saturated carbocycles. The van der Waals surface area contributed by atoms with Gasteiger partial charge in [-0.2, -0.15) is 0 Å². The molecule has 2 saturated heterocycles. The van der Waals surface area contributed by atoms with Crippen molar-refractivity contribution in [3.05, 3.63) is 18.6 Å². The van der Waals surface area contributed by atoms with Crippen LogP contribution in [0, 0.1) is 5.92 Å². The van der Waals surface area contributed by atoms with E-state index in [-0.39, 0.29) is 17.9 Å². The summed E-state index contributed by atoms with van der Waals surface area (Å²) in [6.45, 7) is 2.12.